The molecule has 1 saturated carbocycles. The standard InChI is InChI=1S/C16H23N3O3/c1-10-8-11(2)18-15(20)12(10)9-17-16(21)19-6-7-22-14-5-3-4-13(14)19/h8,13-14H,3-7,9H2,1-2H3,(H,17,21)(H,18,20). The second-order valence-corrected chi connectivity index (χ2v) is 6.20. The van der Waals surface area contributed by atoms with Crippen LogP contribution in [0.15, 0.2) is 10.9 Å². The van der Waals surface area contributed by atoms with E-state index in [0.29, 0.717) is 18.7 Å². The molecule has 0 radical (unpaired) electrons. The molecule has 0 bridgehead atoms. The van der Waals surface area contributed by atoms with Gasteiger partial charge in [-0.15, -0.1) is 0 Å². The van der Waals surface area contributed by atoms with E-state index in [0.717, 1.165) is 30.5 Å². The van der Waals surface area contributed by atoms with E-state index in [4.69, 9.17) is 4.74 Å². The summed E-state index contributed by atoms with van der Waals surface area (Å²) >= 11 is 0. The summed E-state index contributed by atoms with van der Waals surface area (Å²) in [6.07, 6.45) is 3.33. The molecule has 1 aromatic rings. The molecule has 22 heavy (non-hydrogen) atoms. The lowest BCUT2D eigenvalue weighted by atomic mass is 10.1. The normalized spacial score (nSPS) is 24.2. The van der Waals surface area contributed by atoms with Crippen LogP contribution in [-0.4, -0.2) is 41.2 Å². The molecule has 6 heteroatoms. The van der Waals surface area contributed by atoms with Crippen LogP contribution in [0.5, 0.6) is 0 Å². The molecular formula is C16H23N3O3. The highest BCUT2D eigenvalue weighted by Gasteiger charge is 2.38. The maximum atomic E-state index is 12.5. The quantitative estimate of drug-likeness (QED) is 0.868. The minimum Gasteiger partial charge on any atom is -0.374 e. The molecule has 2 N–H and O–H groups in total. The Hall–Kier alpha value is -1.82. The number of morpholine rings is 1. The van der Waals surface area contributed by atoms with E-state index in [9.17, 15) is 9.59 Å². The van der Waals surface area contributed by atoms with Gasteiger partial charge in [0.15, 0.2) is 0 Å². The van der Waals surface area contributed by atoms with Gasteiger partial charge in [0.05, 0.1) is 25.3 Å². The van der Waals surface area contributed by atoms with Crippen LogP contribution < -0.4 is 10.9 Å². The number of urea groups is 1. The molecule has 3 rings (SSSR count). The Bertz CT molecular complexity index is 626. The van der Waals surface area contributed by atoms with Crippen molar-refractivity contribution in [3.63, 3.8) is 0 Å². The Morgan fingerprint density at radius 1 is 1.45 bits per heavy atom. The summed E-state index contributed by atoms with van der Waals surface area (Å²) in [7, 11) is 0. The second kappa shape index (κ2) is 6.12. The van der Waals surface area contributed by atoms with Gasteiger partial charge in [0.2, 0.25) is 0 Å². The summed E-state index contributed by atoms with van der Waals surface area (Å²) in [5.74, 6) is 0. The Labute approximate surface area is 129 Å². The third kappa shape index (κ3) is 2.88. The van der Waals surface area contributed by atoms with Gasteiger partial charge in [-0.2, -0.15) is 0 Å². The highest BCUT2D eigenvalue weighted by Crippen LogP contribution is 2.29. The van der Waals surface area contributed by atoms with Crippen LogP contribution in [0, 0.1) is 13.8 Å². The van der Waals surface area contributed by atoms with Crippen molar-refractivity contribution in [3.8, 4) is 0 Å². The number of nitrogens with one attached hydrogen (secondary N) is 2. The molecule has 2 unspecified atom stereocenters. The van der Waals surface area contributed by atoms with Gasteiger partial charge < -0.3 is 19.9 Å². The van der Waals surface area contributed by atoms with E-state index < -0.39 is 0 Å². The number of fused-ring (bicyclic) bond motifs is 1. The Kier molecular flexibility index (Phi) is 4.20. The number of hydrogen-bond acceptors (Lipinski definition) is 3. The molecule has 1 aliphatic carbocycles. The maximum Gasteiger partial charge on any atom is 0.318 e. The molecule has 2 heterocycles. The molecule has 2 fully saturated rings. The zero-order valence-electron chi connectivity index (χ0n) is 13.1. The number of carbonyl (C=O) groups is 1. The highest BCUT2D eigenvalue weighted by molar-refractivity contribution is 5.74. The Balaban J connectivity index is 1.66. The number of carbonyl (C=O) groups excluding carboxylic acids is 1. The van der Waals surface area contributed by atoms with Crippen molar-refractivity contribution in [1.29, 1.82) is 0 Å². The van der Waals surface area contributed by atoms with Crippen LogP contribution in [0.4, 0.5) is 4.79 Å². The summed E-state index contributed by atoms with van der Waals surface area (Å²) in [5.41, 5.74) is 2.23. The fourth-order valence-corrected chi connectivity index (χ4v) is 3.54. The number of nitrogens with zero attached hydrogens (tertiary/aromatic N) is 1. The number of H-pyrrole nitrogens is 1. The predicted molar refractivity (Wildman–Crippen MR) is 82.9 cm³/mol. The molecule has 2 amide bonds. The summed E-state index contributed by atoms with van der Waals surface area (Å²) in [6.45, 7) is 5.22. The van der Waals surface area contributed by atoms with Crippen molar-refractivity contribution >= 4 is 6.03 Å². The third-order valence-corrected chi connectivity index (χ3v) is 4.65. The van der Waals surface area contributed by atoms with Gasteiger partial charge in [0, 0.05) is 17.8 Å². The Morgan fingerprint density at radius 2 is 2.27 bits per heavy atom. The lowest BCUT2D eigenvalue weighted by Gasteiger charge is -2.37. The van der Waals surface area contributed by atoms with Gasteiger partial charge in [0.25, 0.3) is 5.56 Å². The molecule has 2 aliphatic rings. The van der Waals surface area contributed by atoms with Crippen LogP contribution in [0.1, 0.15) is 36.1 Å². The smallest absolute Gasteiger partial charge is 0.318 e. The number of aromatic nitrogens is 1. The van der Waals surface area contributed by atoms with Gasteiger partial charge >= 0.3 is 6.03 Å². The average molecular weight is 305 g/mol. The van der Waals surface area contributed by atoms with Gasteiger partial charge in [-0.1, -0.05) is 0 Å². The van der Waals surface area contributed by atoms with E-state index >= 15 is 0 Å². The molecule has 1 saturated heterocycles. The van der Waals surface area contributed by atoms with Crippen LogP contribution in [-0.2, 0) is 11.3 Å². The number of ether oxygens (including phenoxy) is 1. The third-order valence-electron chi connectivity index (χ3n) is 4.65. The van der Waals surface area contributed by atoms with Crippen molar-refractivity contribution in [2.24, 2.45) is 0 Å². The van der Waals surface area contributed by atoms with Crippen molar-refractivity contribution in [2.45, 2.75) is 51.8 Å². The fourth-order valence-electron chi connectivity index (χ4n) is 3.54. The number of rotatable bonds is 2. The summed E-state index contributed by atoms with van der Waals surface area (Å²) < 4.78 is 5.72. The molecule has 1 aromatic heterocycles. The van der Waals surface area contributed by atoms with Gasteiger partial charge in [-0.05, 0) is 44.7 Å². The first kappa shape index (κ1) is 15.1. The number of aryl methyl sites for hydroxylation is 2. The summed E-state index contributed by atoms with van der Waals surface area (Å²) in [4.78, 5) is 29.1. The van der Waals surface area contributed by atoms with E-state index in [1.165, 1.54) is 0 Å². The lowest BCUT2D eigenvalue weighted by molar-refractivity contribution is -0.0383. The SMILES string of the molecule is Cc1cc(C)c(CNC(=O)N2CCOC3CCCC32)c(=O)[nH]1. The first-order valence-corrected chi connectivity index (χ1v) is 7.91. The van der Waals surface area contributed by atoms with E-state index in [2.05, 4.69) is 10.3 Å². The predicted octanol–water partition coefficient (Wildman–Crippen LogP) is 1.45. The van der Waals surface area contributed by atoms with Gasteiger partial charge in [-0.3, -0.25) is 4.79 Å². The maximum absolute atomic E-state index is 12.5. The molecule has 0 spiro atoms. The number of hydrogen-bond donors (Lipinski definition) is 2. The van der Waals surface area contributed by atoms with Crippen molar-refractivity contribution < 1.29 is 9.53 Å². The summed E-state index contributed by atoms with van der Waals surface area (Å²) in [5, 5.41) is 2.89. The van der Waals surface area contributed by atoms with E-state index in [-0.39, 0.29) is 30.3 Å². The monoisotopic (exact) mass is 305 g/mol. The fraction of sp³-hybridized carbons (Fsp3) is 0.625. The molecule has 1 aliphatic heterocycles. The average Bonchev–Trinajstić information content (AvgIpc) is 2.94. The molecular weight excluding hydrogens is 282 g/mol. The van der Waals surface area contributed by atoms with Crippen LogP contribution in [0.2, 0.25) is 0 Å². The van der Waals surface area contributed by atoms with Crippen molar-refractivity contribution in [1.82, 2.24) is 15.2 Å². The van der Waals surface area contributed by atoms with Gasteiger partial charge in [-0.25, -0.2) is 4.79 Å². The van der Waals surface area contributed by atoms with Crippen LogP contribution >= 0.6 is 0 Å². The molecule has 120 valence electrons. The molecule has 2 atom stereocenters. The first-order chi connectivity index (χ1) is 10.6. The second-order valence-electron chi connectivity index (χ2n) is 6.20. The van der Waals surface area contributed by atoms with Crippen LogP contribution in [0.25, 0.3) is 0 Å². The molecule has 0 aromatic carbocycles. The number of pyridine rings is 1. The van der Waals surface area contributed by atoms with E-state index in [1.807, 2.05) is 24.8 Å². The zero-order chi connectivity index (χ0) is 15.7. The Morgan fingerprint density at radius 3 is 3.05 bits per heavy atom. The van der Waals surface area contributed by atoms with Gasteiger partial charge in [0.1, 0.15) is 0 Å². The highest BCUT2D eigenvalue weighted by atomic mass is 16.5. The van der Waals surface area contributed by atoms with Crippen LogP contribution in [0.3, 0.4) is 0 Å². The van der Waals surface area contributed by atoms with Crippen molar-refractivity contribution in [2.75, 3.05) is 13.2 Å². The zero-order valence-corrected chi connectivity index (χ0v) is 13.1. The number of aromatic amines is 1. The van der Waals surface area contributed by atoms with E-state index in [1.54, 1.807) is 0 Å². The van der Waals surface area contributed by atoms with Crippen molar-refractivity contribution in [3.05, 3.63) is 33.2 Å². The lowest BCUT2D eigenvalue weighted by Crippen LogP contribution is -2.54. The topological polar surface area (TPSA) is 74.4 Å². The minimum absolute atomic E-state index is 0.0976. The number of amides is 2. The minimum atomic E-state index is -0.126. The first-order valence-electron chi connectivity index (χ1n) is 7.91. The largest absolute Gasteiger partial charge is 0.374 e. The summed E-state index contributed by atoms with van der Waals surface area (Å²) in [6, 6.07) is 2.01. The molecule has 6 nitrogen and oxygen atoms in total.